The zero-order chi connectivity index (χ0) is 16.1. The maximum Gasteiger partial charge on any atom is 0.254 e. The molecule has 0 spiro atoms. The van der Waals surface area contributed by atoms with Gasteiger partial charge in [-0.25, -0.2) is 4.98 Å². The predicted octanol–water partition coefficient (Wildman–Crippen LogP) is 3.17. The molecule has 2 amide bonds. The number of carbonyl (C=O) groups is 2. The van der Waals surface area contributed by atoms with Crippen molar-refractivity contribution in [1.29, 1.82) is 0 Å². The fourth-order valence-electron chi connectivity index (χ4n) is 1.77. The molecule has 2 aromatic rings. The van der Waals surface area contributed by atoms with E-state index in [-0.39, 0.29) is 23.2 Å². The van der Waals surface area contributed by atoms with E-state index in [4.69, 9.17) is 11.6 Å². The molecule has 0 atom stereocenters. The second-order valence-electron chi connectivity index (χ2n) is 4.53. The van der Waals surface area contributed by atoms with Crippen LogP contribution in [0.4, 0.5) is 5.69 Å². The van der Waals surface area contributed by atoms with Gasteiger partial charge in [0.25, 0.3) is 5.91 Å². The summed E-state index contributed by atoms with van der Waals surface area (Å²) in [5.41, 5.74) is 1.85. The van der Waals surface area contributed by atoms with Gasteiger partial charge < -0.3 is 10.6 Å². The summed E-state index contributed by atoms with van der Waals surface area (Å²) in [5.74, 6) is -0.764. The Kier molecular flexibility index (Phi) is 5.51. The third kappa shape index (κ3) is 4.29. The number of aryl methyl sites for hydroxylation is 1. The Labute approximate surface area is 141 Å². The summed E-state index contributed by atoms with van der Waals surface area (Å²) in [6.45, 7) is 1.73. The molecule has 0 saturated heterocycles. The van der Waals surface area contributed by atoms with Crippen LogP contribution in [-0.4, -0.2) is 23.3 Å². The van der Waals surface area contributed by atoms with Gasteiger partial charge in [0.1, 0.15) is 5.15 Å². The lowest BCUT2D eigenvalue weighted by molar-refractivity contribution is -0.115. The predicted molar refractivity (Wildman–Crippen MR) is 89.1 cm³/mol. The molecular weight excluding hydrogens is 370 g/mol. The topological polar surface area (TPSA) is 71.1 Å². The zero-order valence-electron chi connectivity index (χ0n) is 11.7. The van der Waals surface area contributed by atoms with Crippen molar-refractivity contribution in [3.8, 4) is 0 Å². The number of aromatic nitrogens is 1. The molecule has 0 bridgehead atoms. The van der Waals surface area contributed by atoms with Gasteiger partial charge in [-0.2, -0.15) is 0 Å². The SMILES string of the molecule is Cc1cc(Br)ccc1NC(=O)CNC(=O)c1cccnc1Cl. The van der Waals surface area contributed by atoms with Crippen LogP contribution in [0.1, 0.15) is 15.9 Å². The minimum atomic E-state index is -0.444. The summed E-state index contributed by atoms with van der Waals surface area (Å²) < 4.78 is 0.933. The molecule has 5 nitrogen and oxygen atoms in total. The first kappa shape index (κ1) is 16.5. The Balaban J connectivity index is 1.93. The Morgan fingerprint density at radius 1 is 1.32 bits per heavy atom. The molecule has 0 aliphatic heterocycles. The van der Waals surface area contributed by atoms with Crippen LogP contribution in [0.5, 0.6) is 0 Å². The van der Waals surface area contributed by atoms with E-state index in [0.29, 0.717) is 5.69 Å². The Morgan fingerprint density at radius 3 is 2.77 bits per heavy atom. The highest BCUT2D eigenvalue weighted by Crippen LogP contribution is 2.19. The molecule has 22 heavy (non-hydrogen) atoms. The van der Waals surface area contributed by atoms with E-state index in [1.54, 1.807) is 18.2 Å². The lowest BCUT2D eigenvalue weighted by Gasteiger charge is -2.10. The maximum absolute atomic E-state index is 11.9. The number of nitrogens with zero attached hydrogens (tertiary/aromatic N) is 1. The summed E-state index contributed by atoms with van der Waals surface area (Å²) in [5, 5.41) is 5.34. The van der Waals surface area contributed by atoms with Crippen LogP contribution in [0, 0.1) is 6.92 Å². The van der Waals surface area contributed by atoms with Crippen LogP contribution in [-0.2, 0) is 4.79 Å². The van der Waals surface area contributed by atoms with Gasteiger partial charge in [0, 0.05) is 16.4 Å². The molecule has 0 radical (unpaired) electrons. The average molecular weight is 383 g/mol. The van der Waals surface area contributed by atoms with Crippen molar-refractivity contribution in [3.63, 3.8) is 0 Å². The van der Waals surface area contributed by atoms with Crippen LogP contribution in [0.15, 0.2) is 41.0 Å². The summed E-state index contributed by atoms with van der Waals surface area (Å²) in [7, 11) is 0. The first-order valence-corrected chi connectivity index (χ1v) is 7.59. The number of benzene rings is 1. The highest BCUT2D eigenvalue weighted by Gasteiger charge is 2.12. The Hall–Kier alpha value is -1.92. The van der Waals surface area contributed by atoms with Gasteiger partial charge >= 0.3 is 0 Å². The van der Waals surface area contributed by atoms with Crippen molar-refractivity contribution in [2.75, 3.05) is 11.9 Å². The van der Waals surface area contributed by atoms with Gasteiger partial charge in [0.2, 0.25) is 5.91 Å². The van der Waals surface area contributed by atoms with Crippen molar-refractivity contribution in [2.45, 2.75) is 6.92 Å². The highest BCUT2D eigenvalue weighted by atomic mass is 79.9. The van der Waals surface area contributed by atoms with Gasteiger partial charge in [0.05, 0.1) is 12.1 Å². The van der Waals surface area contributed by atoms with E-state index in [0.717, 1.165) is 10.0 Å². The summed E-state index contributed by atoms with van der Waals surface area (Å²) in [6, 6.07) is 8.66. The fraction of sp³-hybridized carbons (Fsp3) is 0.133. The molecule has 0 fully saturated rings. The van der Waals surface area contributed by atoms with Crippen molar-refractivity contribution in [3.05, 3.63) is 57.3 Å². The van der Waals surface area contributed by atoms with Crippen molar-refractivity contribution < 1.29 is 9.59 Å². The quantitative estimate of drug-likeness (QED) is 0.798. The zero-order valence-corrected chi connectivity index (χ0v) is 14.0. The molecule has 0 aliphatic carbocycles. The summed E-state index contributed by atoms with van der Waals surface area (Å²) in [6.07, 6.45) is 1.49. The van der Waals surface area contributed by atoms with Crippen LogP contribution >= 0.6 is 27.5 Å². The molecule has 1 heterocycles. The summed E-state index contributed by atoms with van der Waals surface area (Å²) >= 11 is 9.18. The second kappa shape index (κ2) is 7.38. The Morgan fingerprint density at radius 2 is 2.09 bits per heavy atom. The number of halogens is 2. The van der Waals surface area contributed by atoms with E-state index in [9.17, 15) is 9.59 Å². The van der Waals surface area contributed by atoms with E-state index >= 15 is 0 Å². The molecule has 0 unspecified atom stereocenters. The molecule has 1 aromatic heterocycles. The van der Waals surface area contributed by atoms with E-state index in [1.807, 2.05) is 19.1 Å². The number of amides is 2. The van der Waals surface area contributed by atoms with Crippen LogP contribution in [0.2, 0.25) is 5.15 Å². The minimum absolute atomic E-state index is 0.101. The molecule has 2 rings (SSSR count). The van der Waals surface area contributed by atoms with Crippen LogP contribution < -0.4 is 10.6 Å². The van der Waals surface area contributed by atoms with E-state index < -0.39 is 5.91 Å². The van der Waals surface area contributed by atoms with Gasteiger partial charge in [-0.05, 0) is 42.8 Å². The number of pyridine rings is 1. The lowest BCUT2D eigenvalue weighted by atomic mass is 10.2. The Bertz CT molecular complexity index is 722. The van der Waals surface area contributed by atoms with Gasteiger partial charge in [0.15, 0.2) is 0 Å². The molecule has 0 saturated carbocycles. The van der Waals surface area contributed by atoms with E-state index in [2.05, 4.69) is 31.5 Å². The van der Waals surface area contributed by atoms with Crippen molar-refractivity contribution >= 4 is 45.0 Å². The maximum atomic E-state index is 11.9. The van der Waals surface area contributed by atoms with Crippen molar-refractivity contribution in [1.82, 2.24) is 10.3 Å². The first-order valence-electron chi connectivity index (χ1n) is 6.42. The molecule has 1 aromatic carbocycles. The third-order valence-corrected chi connectivity index (χ3v) is 3.67. The lowest BCUT2D eigenvalue weighted by Crippen LogP contribution is -2.33. The van der Waals surface area contributed by atoms with E-state index in [1.165, 1.54) is 6.20 Å². The third-order valence-electron chi connectivity index (χ3n) is 2.88. The number of hydrogen-bond acceptors (Lipinski definition) is 3. The molecule has 114 valence electrons. The van der Waals surface area contributed by atoms with Gasteiger partial charge in [-0.3, -0.25) is 9.59 Å². The van der Waals surface area contributed by atoms with Crippen LogP contribution in [0.3, 0.4) is 0 Å². The monoisotopic (exact) mass is 381 g/mol. The highest BCUT2D eigenvalue weighted by molar-refractivity contribution is 9.10. The summed E-state index contributed by atoms with van der Waals surface area (Å²) in [4.78, 5) is 27.6. The first-order chi connectivity index (χ1) is 10.5. The average Bonchev–Trinajstić information content (AvgIpc) is 2.48. The number of nitrogens with one attached hydrogen (secondary N) is 2. The van der Waals surface area contributed by atoms with Gasteiger partial charge in [-0.15, -0.1) is 0 Å². The minimum Gasteiger partial charge on any atom is -0.343 e. The van der Waals surface area contributed by atoms with Crippen molar-refractivity contribution in [2.24, 2.45) is 0 Å². The fourth-order valence-corrected chi connectivity index (χ4v) is 2.45. The normalized spacial score (nSPS) is 10.1. The molecule has 0 aliphatic rings. The largest absolute Gasteiger partial charge is 0.343 e. The molecular formula is C15H13BrClN3O2. The second-order valence-corrected chi connectivity index (χ2v) is 5.81. The molecule has 2 N–H and O–H groups in total. The molecule has 7 heteroatoms. The number of carbonyl (C=O) groups excluding carboxylic acids is 2. The number of anilines is 1. The number of rotatable bonds is 4. The standard InChI is InChI=1S/C15H13BrClN3O2/c1-9-7-10(16)4-5-12(9)20-13(21)8-19-15(22)11-3-2-6-18-14(11)17/h2-7H,8H2,1H3,(H,19,22)(H,20,21). The number of hydrogen-bond donors (Lipinski definition) is 2. The smallest absolute Gasteiger partial charge is 0.254 e. The van der Waals surface area contributed by atoms with Gasteiger partial charge in [-0.1, -0.05) is 27.5 Å². The van der Waals surface area contributed by atoms with Crippen LogP contribution in [0.25, 0.3) is 0 Å².